The number of carbonyl (C=O) groups is 1. The lowest BCUT2D eigenvalue weighted by Crippen LogP contribution is -2.08. The van der Waals surface area contributed by atoms with Crippen LogP contribution in [0.4, 0.5) is 0 Å². The molecule has 6 heteroatoms. The third kappa shape index (κ3) is 7.32. The largest absolute Gasteiger partial charge is 0.465 e. The molecule has 0 amide bonds. The van der Waals surface area contributed by atoms with E-state index in [4.69, 9.17) is 4.74 Å². The van der Waals surface area contributed by atoms with Crippen molar-refractivity contribution >= 4 is 17.7 Å². The fourth-order valence-corrected chi connectivity index (χ4v) is 2.09. The van der Waals surface area contributed by atoms with Crippen LogP contribution in [-0.2, 0) is 9.53 Å². The molecule has 18 heavy (non-hydrogen) atoms. The van der Waals surface area contributed by atoms with Crippen LogP contribution in [0.5, 0.6) is 0 Å². The quantitative estimate of drug-likeness (QED) is 0.402. The minimum atomic E-state index is -0.184. The number of aromatic amines is 1. The lowest BCUT2D eigenvalue weighted by molar-refractivity contribution is -0.140. The number of nitrogens with one attached hydrogen (secondary N) is 1. The minimum Gasteiger partial charge on any atom is -0.465 e. The minimum absolute atomic E-state index is 0.184. The Balaban J connectivity index is 1.90. The first-order valence-corrected chi connectivity index (χ1v) is 7.45. The Kier molecular flexibility index (Phi) is 8.29. The summed E-state index contributed by atoms with van der Waals surface area (Å²) in [5.41, 5.74) is 0. The van der Waals surface area contributed by atoms with Gasteiger partial charge in [-0.05, 0) is 6.42 Å². The summed E-state index contributed by atoms with van der Waals surface area (Å²) in [5.74, 6) is 0.110. The summed E-state index contributed by atoms with van der Waals surface area (Å²) in [5, 5.41) is 10.7. The Hall–Kier alpha value is -1.04. The van der Waals surface area contributed by atoms with Gasteiger partial charge in [0.25, 0.3) is 0 Å². The number of hydrogen-bond acceptors (Lipinski definition) is 5. The molecule has 0 radical (unpaired) electrons. The van der Waals surface area contributed by atoms with E-state index in [9.17, 15) is 4.79 Å². The van der Waals surface area contributed by atoms with Crippen LogP contribution < -0.4 is 0 Å². The van der Waals surface area contributed by atoms with Crippen LogP contribution >= 0.6 is 11.8 Å². The maximum atomic E-state index is 11.4. The maximum absolute atomic E-state index is 11.4. The van der Waals surface area contributed by atoms with Crippen molar-refractivity contribution in [3.05, 3.63) is 6.20 Å². The topological polar surface area (TPSA) is 67.9 Å². The monoisotopic (exact) mass is 271 g/mol. The van der Waals surface area contributed by atoms with Crippen molar-refractivity contribution in [3.63, 3.8) is 0 Å². The van der Waals surface area contributed by atoms with E-state index in [1.54, 1.807) is 6.20 Å². The smallest absolute Gasteiger partial charge is 0.316 e. The van der Waals surface area contributed by atoms with E-state index in [0.717, 1.165) is 12.8 Å². The molecular formula is C12H21N3O2S. The summed E-state index contributed by atoms with van der Waals surface area (Å²) in [7, 11) is 0. The normalized spacial score (nSPS) is 10.5. The zero-order valence-corrected chi connectivity index (χ0v) is 11.7. The second-order valence-corrected chi connectivity index (χ2v) is 5.08. The molecule has 0 aliphatic rings. The Morgan fingerprint density at radius 1 is 1.33 bits per heavy atom. The second kappa shape index (κ2) is 9.94. The number of esters is 1. The Labute approximate surface area is 112 Å². The van der Waals surface area contributed by atoms with Crippen molar-refractivity contribution in [2.45, 2.75) is 50.5 Å². The van der Waals surface area contributed by atoms with E-state index in [1.165, 1.54) is 37.4 Å². The number of rotatable bonds is 10. The lowest BCUT2D eigenvalue weighted by Gasteiger charge is -2.03. The van der Waals surface area contributed by atoms with Gasteiger partial charge in [0.15, 0.2) is 0 Å². The van der Waals surface area contributed by atoms with E-state index in [0.29, 0.717) is 17.4 Å². The van der Waals surface area contributed by atoms with Crippen molar-refractivity contribution in [2.24, 2.45) is 0 Å². The van der Waals surface area contributed by atoms with Gasteiger partial charge < -0.3 is 4.74 Å². The molecule has 0 aliphatic heterocycles. The van der Waals surface area contributed by atoms with Gasteiger partial charge >= 0.3 is 5.97 Å². The highest BCUT2D eigenvalue weighted by molar-refractivity contribution is 7.99. The van der Waals surface area contributed by atoms with Crippen LogP contribution in [0.3, 0.4) is 0 Å². The highest BCUT2D eigenvalue weighted by Gasteiger charge is 2.05. The predicted molar refractivity (Wildman–Crippen MR) is 71.4 cm³/mol. The van der Waals surface area contributed by atoms with Crippen LogP contribution in [0, 0.1) is 0 Å². The molecule has 0 atom stereocenters. The summed E-state index contributed by atoms with van der Waals surface area (Å²) in [4.78, 5) is 11.4. The van der Waals surface area contributed by atoms with Crippen LogP contribution in [0.25, 0.3) is 0 Å². The molecule has 5 nitrogen and oxygen atoms in total. The third-order valence-electron chi connectivity index (χ3n) is 2.49. The molecule has 0 fully saturated rings. The van der Waals surface area contributed by atoms with E-state index in [2.05, 4.69) is 22.3 Å². The Morgan fingerprint density at radius 2 is 2.11 bits per heavy atom. The maximum Gasteiger partial charge on any atom is 0.316 e. The van der Waals surface area contributed by atoms with Crippen molar-refractivity contribution in [2.75, 3.05) is 12.4 Å². The number of hydrogen-bond donors (Lipinski definition) is 1. The summed E-state index contributed by atoms with van der Waals surface area (Å²) in [6.07, 6.45) is 8.77. The number of nitrogens with zero attached hydrogens (tertiary/aromatic N) is 2. The molecule has 1 N–H and O–H groups in total. The molecule has 1 aromatic heterocycles. The van der Waals surface area contributed by atoms with Gasteiger partial charge in [-0.2, -0.15) is 10.3 Å². The van der Waals surface area contributed by atoms with E-state index >= 15 is 0 Å². The lowest BCUT2D eigenvalue weighted by atomic mass is 10.1. The highest BCUT2D eigenvalue weighted by Crippen LogP contribution is 2.12. The predicted octanol–water partition coefficient (Wildman–Crippen LogP) is 2.80. The van der Waals surface area contributed by atoms with Gasteiger partial charge in [-0.1, -0.05) is 50.8 Å². The zero-order chi connectivity index (χ0) is 13.1. The number of thioether (sulfide) groups is 1. The Bertz CT molecular complexity index is 317. The third-order valence-corrected chi connectivity index (χ3v) is 3.36. The van der Waals surface area contributed by atoms with Gasteiger partial charge in [0.1, 0.15) is 5.03 Å². The molecule has 1 aromatic rings. The molecule has 0 saturated heterocycles. The molecular weight excluding hydrogens is 250 g/mol. The number of H-pyrrole nitrogens is 1. The fourth-order valence-electron chi connectivity index (χ4n) is 1.50. The van der Waals surface area contributed by atoms with Crippen molar-refractivity contribution in [1.82, 2.24) is 15.4 Å². The van der Waals surface area contributed by atoms with Gasteiger partial charge in [0.05, 0.1) is 18.6 Å². The van der Waals surface area contributed by atoms with Gasteiger partial charge in [0.2, 0.25) is 0 Å². The van der Waals surface area contributed by atoms with Crippen molar-refractivity contribution in [3.8, 4) is 0 Å². The average Bonchev–Trinajstić information content (AvgIpc) is 2.88. The Morgan fingerprint density at radius 3 is 2.83 bits per heavy atom. The van der Waals surface area contributed by atoms with Crippen LogP contribution in [0.1, 0.15) is 45.4 Å². The van der Waals surface area contributed by atoms with Crippen molar-refractivity contribution < 1.29 is 9.53 Å². The summed E-state index contributed by atoms with van der Waals surface area (Å²) in [6.45, 7) is 2.73. The number of ether oxygens (including phenoxy) is 1. The number of unbranched alkanes of at least 4 members (excludes halogenated alkanes) is 5. The SMILES string of the molecule is CCCCCCCCOC(=O)CSc1cn[nH]n1. The van der Waals surface area contributed by atoms with Gasteiger partial charge in [0, 0.05) is 0 Å². The molecule has 0 bridgehead atoms. The van der Waals surface area contributed by atoms with E-state index < -0.39 is 0 Å². The number of carbonyl (C=O) groups excluding carboxylic acids is 1. The molecule has 0 unspecified atom stereocenters. The number of aromatic nitrogens is 3. The molecule has 1 heterocycles. The summed E-state index contributed by atoms with van der Waals surface area (Å²) < 4.78 is 5.13. The van der Waals surface area contributed by atoms with Crippen molar-refractivity contribution in [1.29, 1.82) is 0 Å². The van der Waals surface area contributed by atoms with Crippen LogP contribution in [0.15, 0.2) is 11.2 Å². The molecule has 0 aliphatic carbocycles. The van der Waals surface area contributed by atoms with Crippen LogP contribution in [0.2, 0.25) is 0 Å². The molecule has 0 saturated carbocycles. The van der Waals surface area contributed by atoms with E-state index in [1.807, 2.05) is 0 Å². The molecule has 0 aromatic carbocycles. The summed E-state index contributed by atoms with van der Waals surface area (Å²) in [6, 6.07) is 0. The van der Waals surface area contributed by atoms with Gasteiger partial charge in [-0.15, -0.1) is 5.10 Å². The molecule has 0 spiro atoms. The highest BCUT2D eigenvalue weighted by atomic mass is 32.2. The first kappa shape index (κ1) is 15.0. The van der Waals surface area contributed by atoms with E-state index in [-0.39, 0.29) is 5.97 Å². The fraction of sp³-hybridized carbons (Fsp3) is 0.750. The summed E-state index contributed by atoms with van der Waals surface area (Å²) >= 11 is 1.33. The standard InChI is InChI=1S/C12H21N3O2S/c1-2-3-4-5-6-7-8-17-12(16)10-18-11-9-13-15-14-11/h9H,2-8,10H2,1H3,(H,13,14,15). The zero-order valence-electron chi connectivity index (χ0n) is 10.9. The first-order valence-electron chi connectivity index (χ1n) is 6.47. The second-order valence-electron chi connectivity index (χ2n) is 4.09. The first-order chi connectivity index (χ1) is 8.83. The molecule has 102 valence electrons. The van der Waals surface area contributed by atoms with Gasteiger partial charge in [-0.3, -0.25) is 4.79 Å². The molecule has 1 rings (SSSR count). The van der Waals surface area contributed by atoms with Crippen LogP contribution in [-0.4, -0.2) is 33.7 Å². The average molecular weight is 271 g/mol. The van der Waals surface area contributed by atoms with Gasteiger partial charge in [-0.25, -0.2) is 0 Å².